The van der Waals surface area contributed by atoms with E-state index in [1.54, 1.807) is 6.21 Å². The van der Waals surface area contributed by atoms with E-state index in [1.807, 2.05) is 54.6 Å². The smallest absolute Gasteiger partial charge is 0.153 e. The Kier molecular flexibility index (Phi) is 4.06. The minimum Gasteiger partial charge on any atom is -0.510 e. The average Bonchev–Trinajstić information content (AvgIpc) is 2.82. The van der Waals surface area contributed by atoms with Gasteiger partial charge in [-0.05, 0) is 23.3 Å². The lowest BCUT2D eigenvalue weighted by atomic mass is 10.1. The van der Waals surface area contributed by atoms with Crippen LogP contribution in [0.2, 0.25) is 0 Å². The fourth-order valence-corrected chi connectivity index (χ4v) is 2.52. The molecule has 1 aliphatic heterocycles. The van der Waals surface area contributed by atoms with Crippen LogP contribution in [0.25, 0.3) is 5.57 Å². The van der Waals surface area contributed by atoms with Gasteiger partial charge >= 0.3 is 0 Å². The molecule has 2 aromatic carbocycles. The number of aliphatic hydroxyl groups excluding tert-OH is 1. The topological polar surface area (TPSA) is 59.7 Å². The lowest BCUT2D eigenvalue weighted by Crippen LogP contribution is -2.20. The molecular weight excluding hydrogens is 342 g/mol. The van der Waals surface area contributed by atoms with Crippen molar-refractivity contribution in [1.82, 2.24) is 5.01 Å². The minimum absolute atomic E-state index is 0.171. The van der Waals surface area contributed by atoms with Crippen molar-refractivity contribution in [2.24, 2.45) is 5.10 Å². The van der Waals surface area contributed by atoms with Crippen molar-refractivity contribution in [3.8, 4) is 0 Å². The van der Waals surface area contributed by atoms with Gasteiger partial charge in [-0.1, -0.05) is 58.4 Å². The summed E-state index contributed by atoms with van der Waals surface area (Å²) < 4.78 is 1.00. The Bertz CT molecular complexity index is 751. The summed E-state index contributed by atoms with van der Waals surface area (Å²) >= 11 is 3.39. The van der Waals surface area contributed by atoms with Crippen LogP contribution in [0.3, 0.4) is 0 Å². The van der Waals surface area contributed by atoms with Crippen LogP contribution in [-0.2, 0) is 0 Å². The fraction of sp³-hybridized carbons (Fsp3) is 0.0588. The van der Waals surface area contributed by atoms with E-state index < -0.39 is 0 Å². The number of hydrogen-bond donors (Lipinski definition) is 2. The van der Waals surface area contributed by atoms with Crippen molar-refractivity contribution >= 4 is 33.6 Å². The largest absolute Gasteiger partial charge is 0.510 e. The molecule has 4 nitrogen and oxygen atoms in total. The summed E-state index contributed by atoms with van der Waals surface area (Å²) in [5.41, 5.74) is 2.29. The van der Waals surface area contributed by atoms with E-state index >= 15 is 0 Å². The van der Waals surface area contributed by atoms with Crippen LogP contribution < -0.4 is 0 Å². The Morgan fingerprint density at radius 2 is 1.77 bits per heavy atom. The first-order valence-corrected chi connectivity index (χ1v) is 7.58. The molecule has 110 valence electrons. The second kappa shape index (κ2) is 6.15. The Hall–Kier alpha value is -2.40. The van der Waals surface area contributed by atoms with Crippen molar-refractivity contribution < 1.29 is 5.11 Å². The van der Waals surface area contributed by atoms with Gasteiger partial charge in [0, 0.05) is 4.47 Å². The molecule has 3 rings (SSSR count). The molecule has 1 aliphatic rings. The van der Waals surface area contributed by atoms with Crippen LogP contribution in [0.5, 0.6) is 0 Å². The van der Waals surface area contributed by atoms with Crippen LogP contribution in [0.15, 0.2) is 69.9 Å². The molecule has 0 aromatic heterocycles. The summed E-state index contributed by atoms with van der Waals surface area (Å²) in [4.78, 5) is 0. The van der Waals surface area contributed by atoms with E-state index in [1.165, 1.54) is 5.01 Å². The summed E-state index contributed by atoms with van der Waals surface area (Å²) in [6.45, 7) is 0.218. The summed E-state index contributed by atoms with van der Waals surface area (Å²) in [6, 6.07) is 17.2. The number of aliphatic hydroxyl groups is 1. The van der Waals surface area contributed by atoms with Crippen LogP contribution in [0.4, 0.5) is 0 Å². The highest BCUT2D eigenvalue weighted by Crippen LogP contribution is 2.27. The third-order valence-electron chi connectivity index (χ3n) is 3.36. The predicted molar refractivity (Wildman–Crippen MR) is 92.2 cm³/mol. The molecule has 0 saturated heterocycles. The second-order valence-electron chi connectivity index (χ2n) is 4.89. The quantitative estimate of drug-likeness (QED) is 0.816. The van der Waals surface area contributed by atoms with Crippen molar-refractivity contribution in [1.29, 1.82) is 5.41 Å². The molecule has 0 fully saturated rings. The normalized spacial score (nSPS) is 15.1. The number of hydrazone groups is 1. The van der Waals surface area contributed by atoms with Crippen LogP contribution >= 0.6 is 15.9 Å². The van der Waals surface area contributed by atoms with Gasteiger partial charge in [0.2, 0.25) is 0 Å². The number of benzene rings is 2. The molecule has 0 unspecified atom stereocenters. The monoisotopic (exact) mass is 355 g/mol. The maximum Gasteiger partial charge on any atom is 0.153 e. The van der Waals surface area contributed by atoms with Gasteiger partial charge in [0.15, 0.2) is 5.84 Å². The fourth-order valence-electron chi connectivity index (χ4n) is 2.26. The van der Waals surface area contributed by atoms with E-state index in [4.69, 9.17) is 5.41 Å². The Balaban J connectivity index is 1.79. The van der Waals surface area contributed by atoms with E-state index in [0.717, 1.165) is 15.6 Å². The number of rotatable bonds is 3. The Labute approximate surface area is 137 Å². The molecule has 0 atom stereocenters. The van der Waals surface area contributed by atoms with Gasteiger partial charge in [-0.15, -0.1) is 0 Å². The van der Waals surface area contributed by atoms with Gasteiger partial charge in [-0.2, -0.15) is 5.10 Å². The lowest BCUT2D eigenvalue weighted by molar-refractivity contribution is 0.358. The molecule has 0 saturated carbocycles. The molecule has 0 amide bonds. The number of hydrogen-bond acceptors (Lipinski definition) is 3. The molecule has 22 heavy (non-hydrogen) atoms. The SMILES string of the molecule is N=C1C(c2ccccc2)=C(O)CN1/N=C/c1ccc(Br)cc1. The molecule has 0 aliphatic carbocycles. The van der Waals surface area contributed by atoms with E-state index in [0.29, 0.717) is 5.57 Å². The van der Waals surface area contributed by atoms with E-state index in [2.05, 4.69) is 21.0 Å². The summed E-state index contributed by atoms with van der Waals surface area (Å²) in [6.07, 6.45) is 1.68. The van der Waals surface area contributed by atoms with Crippen LogP contribution in [-0.4, -0.2) is 28.7 Å². The maximum atomic E-state index is 10.1. The van der Waals surface area contributed by atoms with Crippen molar-refractivity contribution in [3.63, 3.8) is 0 Å². The van der Waals surface area contributed by atoms with Crippen molar-refractivity contribution in [2.45, 2.75) is 0 Å². The van der Waals surface area contributed by atoms with Crippen molar-refractivity contribution in [3.05, 3.63) is 76.0 Å². The first kappa shape index (κ1) is 14.5. The van der Waals surface area contributed by atoms with Crippen LogP contribution in [0, 0.1) is 5.41 Å². The van der Waals surface area contributed by atoms with Gasteiger partial charge in [-0.25, -0.2) is 5.01 Å². The minimum atomic E-state index is 0.171. The Morgan fingerprint density at radius 1 is 1.09 bits per heavy atom. The zero-order valence-electron chi connectivity index (χ0n) is 11.7. The molecule has 1 heterocycles. The third kappa shape index (κ3) is 2.94. The summed E-state index contributed by atoms with van der Waals surface area (Å²) in [5, 5.41) is 24.1. The van der Waals surface area contributed by atoms with Gasteiger partial charge in [-0.3, -0.25) is 5.41 Å². The highest BCUT2D eigenvalue weighted by molar-refractivity contribution is 9.10. The highest BCUT2D eigenvalue weighted by atomic mass is 79.9. The van der Waals surface area contributed by atoms with Gasteiger partial charge in [0.05, 0.1) is 11.8 Å². The maximum absolute atomic E-state index is 10.1. The Morgan fingerprint density at radius 3 is 2.45 bits per heavy atom. The first-order chi connectivity index (χ1) is 10.6. The third-order valence-corrected chi connectivity index (χ3v) is 3.89. The summed E-state index contributed by atoms with van der Waals surface area (Å²) in [7, 11) is 0. The van der Waals surface area contributed by atoms with E-state index in [-0.39, 0.29) is 18.1 Å². The van der Waals surface area contributed by atoms with E-state index in [9.17, 15) is 5.11 Å². The van der Waals surface area contributed by atoms with Gasteiger partial charge < -0.3 is 5.11 Å². The van der Waals surface area contributed by atoms with Gasteiger partial charge in [0.1, 0.15) is 12.3 Å². The second-order valence-corrected chi connectivity index (χ2v) is 5.81. The molecule has 2 N–H and O–H groups in total. The predicted octanol–water partition coefficient (Wildman–Crippen LogP) is 4.05. The number of amidine groups is 1. The number of nitrogens with zero attached hydrogens (tertiary/aromatic N) is 2. The molecule has 0 bridgehead atoms. The lowest BCUT2D eigenvalue weighted by Gasteiger charge is -2.11. The standard InChI is InChI=1S/C17H14BrN3O/c18-14-8-6-12(7-9-14)10-20-21-11-15(22)16(17(21)19)13-4-2-1-3-5-13/h1-10,19,22H,11H2/b19-17?,20-10+. The number of nitrogens with one attached hydrogen (secondary N) is 1. The molecule has 5 heteroatoms. The molecule has 0 spiro atoms. The molecule has 0 radical (unpaired) electrons. The highest BCUT2D eigenvalue weighted by Gasteiger charge is 2.27. The zero-order valence-corrected chi connectivity index (χ0v) is 13.3. The molecule has 2 aromatic rings. The van der Waals surface area contributed by atoms with Gasteiger partial charge in [0.25, 0.3) is 0 Å². The first-order valence-electron chi connectivity index (χ1n) is 6.78. The molecular formula is C17H14BrN3O. The average molecular weight is 356 g/mol. The number of halogens is 1. The zero-order chi connectivity index (χ0) is 15.5. The van der Waals surface area contributed by atoms with Crippen molar-refractivity contribution in [2.75, 3.05) is 6.54 Å². The summed E-state index contributed by atoms with van der Waals surface area (Å²) in [5.74, 6) is 0.376. The van der Waals surface area contributed by atoms with Crippen LogP contribution in [0.1, 0.15) is 11.1 Å².